The van der Waals surface area contributed by atoms with E-state index in [9.17, 15) is 9.59 Å². The molecule has 6 heteroatoms. The number of rotatable bonds is 3. The summed E-state index contributed by atoms with van der Waals surface area (Å²) >= 11 is 0. The largest absolute Gasteiger partial charge is 0.369 e. The number of carbonyl (C=O) groups excluding carboxylic acids is 2. The van der Waals surface area contributed by atoms with Crippen molar-refractivity contribution in [3.05, 3.63) is 0 Å². The number of nitrogens with two attached hydrogens (primary N) is 2. The van der Waals surface area contributed by atoms with Crippen molar-refractivity contribution in [2.24, 2.45) is 17.4 Å². The second-order valence-electron chi connectivity index (χ2n) is 1.77. The van der Waals surface area contributed by atoms with E-state index in [0.717, 1.165) is 0 Å². The molecule has 0 radical (unpaired) electrons. The van der Waals surface area contributed by atoms with Gasteiger partial charge in [-0.15, -0.1) is 24.8 Å². The van der Waals surface area contributed by atoms with Gasteiger partial charge in [-0.05, 0) is 6.42 Å². The summed E-state index contributed by atoms with van der Waals surface area (Å²) in [5.41, 5.74) is 9.62. The first-order valence-electron chi connectivity index (χ1n) is 2.68. The lowest BCUT2D eigenvalue weighted by atomic mass is 10.1. The van der Waals surface area contributed by atoms with E-state index in [-0.39, 0.29) is 24.8 Å². The summed E-state index contributed by atoms with van der Waals surface area (Å²) in [6.45, 7) is 1.68. The number of hydrogen-bond donors (Lipinski definition) is 2. The molecule has 0 saturated heterocycles. The van der Waals surface area contributed by atoms with Crippen molar-refractivity contribution in [3.8, 4) is 0 Å². The first-order chi connectivity index (χ1) is 4.09. The first kappa shape index (κ1) is 16.9. The highest BCUT2D eigenvalue weighted by atomic mass is 35.5. The van der Waals surface area contributed by atoms with Crippen molar-refractivity contribution in [1.82, 2.24) is 0 Å². The summed E-state index contributed by atoms with van der Waals surface area (Å²) in [4.78, 5) is 20.6. The summed E-state index contributed by atoms with van der Waals surface area (Å²) in [6, 6.07) is 0. The summed E-state index contributed by atoms with van der Waals surface area (Å²) < 4.78 is 0. The molecule has 0 aliphatic heterocycles. The lowest BCUT2D eigenvalue weighted by Crippen LogP contribution is -2.34. The molecular weight excluding hydrogens is 191 g/mol. The van der Waals surface area contributed by atoms with E-state index in [4.69, 9.17) is 11.5 Å². The highest BCUT2D eigenvalue weighted by molar-refractivity contribution is 5.98. The fourth-order valence-electron chi connectivity index (χ4n) is 0.543. The van der Waals surface area contributed by atoms with E-state index in [1.165, 1.54) is 0 Å². The molecule has 4 N–H and O–H groups in total. The standard InChI is InChI=1S/C5H10N2O2.2ClH/c1-2-3(4(6)8)5(7)9;;/h3H,2H2,1H3,(H2,6,8)(H2,7,9);2*1H. The van der Waals surface area contributed by atoms with Crippen LogP contribution >= 0.6 is 24.8 Å². The van der Waals surface area contributed by atoms with Gasteiger partial charge in [-0.2, -0.15) is 0 Å². The number of amides is 2. The minimum atomic E-state index is -0.801. The number of primary amides is 2. The van der Waals surface area contributed by atoms with E-state index in [0.29, 0.717) is 6.42 Å². The quantitative estimate of drug-likeness (QED) is 0.623. The van der Waals surface area contributed by atoms with Crippen molar-refractivity contribution in [1.29, 1.82) is 0 Å². The zero-order chi connectivity index (χ0) is 7.44. The molecule has 0 aliphatic rings. The third-order valence-corrected chi connectivity index (χ3v) is 1.10. The van der Waals surface area contributed by atoms with Crippen LogP contribution in [-0.4, -0.2) is 11.8 Å². The Kier molecular flexibility index (Phi) is 11.7. The summed E-state index contributed by atoms with van der Waals surface area (Å²) in [7, 11) is 0. The van der Waals surface area contributed by atoms with Gasteiger partial charge in [0.05, 0.1) is 0 Å². The van der Waals surface area contributed by atoms with E-state index >= 15 is 0 Å². The Morgan fingerprint density at radius 1 is 1.18 bits per heavy atom. The van der Waals surface area contributed by atoms with E-state index in [1.807, 2.05) is 0 Å². The van der Waals surface area contributed by atoms with Gasteiger partial charge < -0.3 is 11.5 Å². The van der Waals surface area contributed by atoms with Crippen molar-refractivity contribution >= 4 is 36.6 Å². The third kappa shape index (κ3) is 5.94. The zero-order valence-electron chi connectivity index (χ0n) is 6.07. The van der Waals surface area contributed by atoms with Gasteiger partial charge in [0.15, 0.2) is 0 Å². The molecule has 0 bridgehead atoms. The number of halogens is 2. The van der Waals surface area contributed by atoms with Gasteiger partial charge in [0, 0.05) is 0 Å². The van der Waals surface area contributed by atoms with Gasteiger partial charge in [0.25, 0.3) is 0 Å². The monoisotopic (exact) mass is 202 g/mol. The Hall–Kier alpha value is -0.480. The van der Waals surface area contributed by atoms with Crippen LogP contribution in [0.5, 0.6) is 0 Å². The van der Waals surface area contributed by atoms with Crippen LogP contribution in [0.3, 0.4) is 0 Å². The molecule has 0 aromatic carbocycles. The molecule has 0 aliphatic carbocycles. The lowest BCUT2D eigenvalue weighted by Gasteiger charge is -2.02. The Morgan fingerprint density at radius 2 is 1.45 bits per heavy atom. The second kappa shape index (κ2) is 7.63. The Labute approximate surface area is 77.5 Å². The van der Waals surface area contributed by atoms with Crippen LogP contribution in [-0.2, 0) is 9.59 Å². The van der Waals surface area contributed by atoms with Gasteiger partial charge in [0.1, 0.15) is 5.92 Å². The zero-order valence-corrected chi connectivity index (χ0v) is 7.71. The average Bonchev–Trinajstić information content (AvgIpc) is 1.64. The molecule has 0 aromatic heterocycles. The minimum absolute atomic E-state index is 0. The van der Waals surface area contributed by atoms with Crippen molar-refractivity contribution < 1.29 is 9.59 Å². The number of carbonyl (C=O) groups is 2. The fourth-order valence-corrected chi connectivity index (χ4v) is 0.543. The Balaban J connectivity index is -0.000000320. The maximum atomic E-state index is 10.3. The highest BCUT2D eigenvalue weighted by Gasteiger charge is 2.18. The van der Waals surface area contributed by atoms with Crippen LogP contribution in [0.2, 0.25) is 0 Å². The molecule has 0 heterocycles. The van der Waals surface area contributed by atoms with Gasteiger partial charge in [-0.1, -0.05) is 6.92 Å². The molecule has 0 saturated carbocycles. The molecule has 11 heavy (non-hydrogen) atoms. The van der Waals surface area contributed by atoms with Gasteiger partial charge >= 0.3 is 0 Å². The summed E-state index contributed by atoms with van der Waals surface area (Å²) in [5, 5.41) is 0. The molecule has 2 amide bonds. The number of hydrogen-bond acceptors (Lipinski definition) is 2. The fraction of sp³-hybridized carbons (Fsp3) is 0.600. The van der Waals surface area contributed by atoms with Gasteiger partial charge in [-0.3, -0.25) is 9.59 Å². The molecule has 0 rings (SSSR count). The van der Waals surface area contributed by atoms with Crippen molar-refractivity contribution in [2.75, 3.05) is 0 Å². The molecular formula is C5H12Cl2N2O2. The van der Waals surface area contributed by atoms with E-state index < -0.39 is 17.7 Å². The lowest BCUT2D eigenvalue weighted by molar-refractivity contribution is -0.131. The van der Waals surface area contributed by atoms with Crippen LogP contribution in [0.25, 0.3) is 0 Å². The molecule has 4 nitrogen and oxygen atoms in total. The average molecular weight is 203 g/mol. The van der Waals surface area contributed by atoms with Crippen LogP contribution < -0.4 is 11.5 Å². The summed E-state index contributed by atoms with van der Waals surface area (Å²) in [5.74, 6) is -2.10. The highest BCUT2D eigenvalue weighted by Crippen LogP contribution is 1.98. The molecule has 0 aromatic rings. The third-order valence-electron chi connectivity index (χ3n) is 1.10. The van der Waals surface area contributed by atoms with Crippen LogP contribution in [0.1, 0.15) is 13.3 Å². The van der Waals surface area contributed by atoms with Gasteiger partial charge in [-0.25, -0.2) is 0 Å². The van der Waals surface area contributed by atoms with Crippen LogP contribution in [0.15, 0.2) is 0 Å². The second-order valence-corrected chi connectivity index (χ2v) is 1.77. The van der Waals surface area contributed by atoms with Crippen molar-refractivity contribution in [3.63, 3.8) is 0 Å². The molecule has 0 unspecified atom stereocenters. The maximum Gasteiger partial charge on any atom is 0.229 e. The van der Waals surface area contributed by atoms with Crippen LogP contribution in [0, 0.1) is 5.92 Å². The van der Waals surface area contributed by atoms with E-state index in [2.05, 4.69) is 0 Å². The van der Waals surface area contributed by atoms with Crippen LogP contribution in [0.4, 0.5) is 0 Å². The minimum Gasteiger partial charge on any atom is -0.369 e. The predicted octanol–water partition coefficient (Wildman–Crippen LogP) is -0.173. The first-order valence-corrected chi connectivity index (χ1v) is 2.68. The predicted molar refractivity (Wildman–Crippen MR) is 46.7 cm³/mol. The molecule has 0 atom stereocenters. The van der Waals surface area contributed by atoms with Crippen molar-refractivity contribution in [2.45, 2.75) is 13.3 Å². The SMILES string of the molecule is CCC(C(N)=O)C(N)=O.Cl.Cl. The maximum absolute atomic E-state index is 10.3. The smallest absolute Gasteiger partial charge is 0.229 e. The Bertz CT molecular complexity index is 126. The molecule has 0 fully saturated rings. The molecule has 68 valence electrons. The normalized spacial score (nSPS) is 7.82. The summed E-state index contributed by atoms with van der Waals surface area (Å²) in [6.07, 6.45) is 0.380. The molecule has 0 spiro atoms. The topological polar surface area (TPSA) is 86.2 Å². The van der Waals surface area contributed by atoms with Gasteiger partial charge in [0.2, 0.25) is 11.8 Å². The van der Waals surface area contributed by atoms with E-state index in [1.54, 1.807) is 6.92 Å². The Morgan fingerprint density at radius 3 is 1.45 bits per heavy atom.